The molecule has 206 valence electrons. The van der Waals surface area contributed by atoms with Gasteiger partial charge in [-0.3, -0.25) is 0 Å². The number of hydrogen-bond donors (Lipinski definition) is 2. The van der Waals surface area contributed by atoms with Crippen LogP contribution in [0.15, 0.2) is 54.6 Å². The third-order valence-corrected chi connectivity index (χ3v) is 9.82. The quantitative estimate of drug-likeness (QED) is 0.233. The van der Waals surface area contributed by atoms with Crippen LogP contribution >= 0.6 is 0 Å². The second kappa shape index (κ2) is 11.3. The molecule has 3 aromatic rings. The van der Waals surface area contributed by atoms with Gasteiger partial charge < -0.3 is 14.9 Å². The Morgan fingerprint density at radius 2 is 1.36 bits per heavy atom. The van der Waals surface area contributed by atoms with Gasteiger partial charge in [-0.2, -0.15) is 0 Å². The number of hydrogen-bond acceptors (Lipinski definition) is 3. The van der Waals surface area contributed by atoms with E-state index < -0.39 is 5.97 Å². The zero-order chi connectivity index (χ0) is 26.8. The number of benzene rings is 3. The van der Waals surface area contributed by atoms with Gasteiger partial charge in [-0.1, -0.05) is 49.9 Å². The second-order valence-electron chi connectivity index (χ2n) is 12.7. The lowest BCUT2D eigenvalue weighted by molar-refractivity contribution is -0.00633. The van der Waals surface area contributed by atoms with Crippen LogP contribution in [0.1, 0.15) is 93.0 Å². The first-order chi connectivity index (χ1) is 19.0. The fourth-order valence-electron chi connectivity index (χ4n) is 8.34. The van der Waals surface area contributed by atoms with Gasteiger partial charge >= 0.3 is 5.97 Å². The maximum absolute atomic E-state index is 11.3. The average Bonchev–Trinajstić information content (AvgIpc) is 2.93. The number of carbonyl (C=O) groups is 1. The molecule has 4 nitrogen and oxygen atoms in total. The third-order valence-electron chi connectivity index (χ3n) is 9.82. The third kappa shape index (κ3) is 5.59. The number of fused-ring (bicyclic) bond motifs is 1. The Morgan fingerprint density at radius 1 is 0.744 bits per heavy atom. The van der Waals surface area contributed by atoms with Crippen molar-refractivity contribution in [1.82, 2.24) is 0 Å². The standard InChI is InChI=1S/C35H42O4/c36-13-5-3-1-2-4-6-14-39-33-20-30-12-11-29(27-7-9-28(10-8-27)34(37)38)18-31(30)19-32(33)35-21-24-15-25(22-35)17-26(16-24)23-35/h7-12,18-20,24-26,36H,1-6,13-17,21-23H2,(H,37,38). The van der Waals surface area contributed by atoms with E-state index in [1.807, 2.05) is 12.1 Å². The van der Waals surface area contributed by atoms with Gasteiger partial charge in [-0.15, -0.1) is 0 Å². The van der Waals surface area contributed by atoms with E-state index in [2.05, 4.69) is 30.3 Å². The maximum atomic E-state index is 11.3. The SMILES string of the molecule is O=C(O)c1ccc(-c2ccc3cc(OCCCCCCCCO)c(C45CC6CC(CC(C6)C4)C5)cc3c2)cc1. The van der Waals surface area contributed by atoms with E-state index in [0.717, 1.165) is 60.5 Å². The van der Waals surface area contributed by atoms with Gasteiger partial charge in [0, 0.05) is 12.2 Å². The fourth-order valence-corrected chi connectivity index (χ4v) is 8.34. The van der Waals surface area contributed by atoms with Crippen molar-refractivity contribution in [3.05, 3.63) is 65.7 Å². The highest BCUT2D eigenvalue weighted by Gasteiger charge is 2.52. The summed E-state index contributed by atoms with van der Waals surface area (Å²) in [6.07, 6.45) is 14.9. The molecule has 0 spiro atoms. The molecule has 0 atom stereocenters. The molecule has 0 aliphatic heterocycles. The molecule has 7 rings (SSSR count). The summed E-state index contributed by atoms with van der Waals surface area (Å²) < 4.78 is 6.62. The van der Waals surface area contributed by atoms with E-state index >= 15 is 0 Å². The minimum Gasteiger partial charge on any atom is -0.493 e. The van der Waals surface area contributed by atoms with Gasteiger partial charge in [-0.25, -0.2) is 4.79 Å². The number of aliphatic hydroxyl groups is 1. The van der Waals surface area contributed by atoms with Crippen molar-refractivity contribution in [3.63, 3.8) is 0 Å². The lowest BCUT2D eigenvalue weighted by atomic mass is 9.48. The molecule has 3 aromatic carbocycles. The zero-order valence-electron chi connectivity index (χ0n) is 23.0. The van der Waals surface area contributed by atoms with E-state index in [1.165, 1.54) is 74.1 Å². The summed E-state index contributed by atoms with van der Waals surface area (Å²) in [7, 11) is 0. The second-order valence-corrected chi connectivity index (χ2v) is 12.7. The minimum absolute atomic E-state index is 0.252. The number of aromatic carboxylic acids is 1. The van der Waals surface area contributed by atoms with Crippen molar-refractivity contribution >= 4 is 16.7 Å². The fraction of sp³-hybridized carbons (Fsp3) is 0.514. The lowest BCUT2D eigenvalue weighted by Gasteiger charge is -2.57. The number of carboxylic acids is 1. The van der Waals surface area contributed by atoms with E-state index in [-0.39, 0.29) is 5.41 Å². The monoisotopic (exact) mass is 526 g/mol. The van der Waals surface area contributed by atoms with Crippen LogP contribution in [0.25, 0.3) is 21.9 Å². The van der Waals surface area contributed by atoms with Crippen LogP contribution in [0.3, 0.4) is 0 Å². The summed E-state index contributed by atoms with van der Waals surface area (Å²) >= 11 is 0. The number of carboxylic acid groups (broad SMARTS) is 1. The van der Waals surface area contributed by atoms with Crippen molar-refractivity contribution < 1.29 is 19.7 Å². The van der Waals surface area contributed by atoms with Crippen LogP contribution in [-0.4, -0.2) is 29.4 Å². The lowest BCUT2D eigenvalue weighted by Crippen LogP contribution is -2.48. The molecule has 4 fully saturated rings. The molecular formula is C35H42O4. The van der Waals surface area contributed by atoms with Crippen molar-refractivity contribution in [1.29, 1.82) is 0 Å². The predicted molar refractivity (Wildman–Crippen MR) is 156 cm³/mol. The summed E-state index contributed by atoms with van der Waals surface area (Å²) in [5, 5.41) is 20.7. The first-order valence-electron chi connectivity index (χ1n) is 15.2. The Bertz CT molecular complexity index is 1270. The minimum atomic E-state index is -0.894. The van der Waals surface area contributed by atoms with Crippen LogP contribution < -0.4 is 4.74 Å². The van der Waals surface area contributed by atoms with Crippen molar-refractivity contribution in [2.24, 2.45) is 17.8 Å². The Balaban J connectivity index is 1.28. The Hall–Kier alpha value is -2.85. The first kappa shape index (κ1) is 26.4. The van der Waals surface area contributed by atoms with Crippen LogP contribution in [0.4, 0.5) is 0 Å². The van der Waals surface area contributed by atoms with Gasteiger partial charge in [0.05, 0.1) is 12.2 Å². The zero-order valence-corrected chi connectivity index (χ0v) is 23.0. The summed E-state index contributed by atoms with van der Waals surface area (Å²) in [6, 6.07) is 18.5. The number of aliphatic hydroxyl groups excluding tert-OH is 1. The molecule has 0 unspecified atom stereocenters. The van der Waals surface area contributed by atoms with Crippen molar-refractivity contribution in [3.8, 4) is 16.9 Å². The maximum Gasteiger partial charge on any atom is 0.335 e. The summed E-state index contributed by atoms with van der Waals surface area (Å²) in [4.78, 5) is 11.3. The highest BCUT2D eigenvalue weighted by atomic mass is 16.5. The molecule has 0 saturated heterocycles. The molecule has 4 bridgehead atoms. The average molecular weight is 527 g/mol. The van der Waals surface area contributed by atoms with E-state index in [0.29, 0.717) is 12.2 Å². The number of rotatable bonds is 12. The predicted octanol–water partition coefficient (Wildman–Crippen LogP) is 8.38. The van der Waals surface area contributed by atoms with Gasteiger partial charge in [0.15, 0.2) is 0 Å². The summed E-state index contributed by atoms with van der Waals surface area (Å²) in [6.45, 7) is 1.07. The Labute approximate surface area is 232 Å². The molecule has 2 N–H and O–H groups in total. The van der Waals surface area contributed by atoms with Gasteiger partial charge in [0.1, 0.15) is 5.75 Å². The molecule has 4 aliphatic carbocycles. The molecule has 4 aliphatic rings. The molecule has 0 amide bonds. The Kier molecular flexibility index (Phi) is 7.66. The van der Waals surface area contributed by atoms with E-state index in [4.69, 9.17) is 9.84 Å². The van der Waals surface area contributed by atoms with E-state index in [9.17, 15) is 9.90 Å². The number of unbranched alkanes of at least 4 members (excludes halogenated alkanes) is 5. The smallest absolute Gasteiger partial charge is 0.335 e. The van der Waals surface area contributed by atoms with Crippen molar-refractivity contribution in [2.75, 3.05) is 13.2 Å². The number of ether oxygens (including phenoxy) is 1. The van der Waals surface area contributed by atoms with Crippen molar-refractivity contribution in [2.45, 2.75) is 82.5 Å². The Morgan fingerprint density at radius 3 is 2.00 bits per heavy atom. The van der Waals surface area contributed by atoms with Gasteiger partial charge in [-0.05, 0) is 127 Å². The summed E-state index contributed by atoms with van der Waals surface area (Å²) in [5.74, 6) is 2.83. The van der Waals surface area contributed by atoms with E-state index in [1.54, 1.807) is 12.1 Å². The van der Waals surface area contributed by atoms with Crippen LogP contribution in [0.2, 0.25) is 0 Å². The highest BCUT2D eigenvalue weighted by molar-refractivity contribution is 5.91. The molecule has 4 saturated carbocycles. The largest absolute Gasteiger partial charge is 0.493 e. The molecule has 39 heavy (non-hydrogen) atoms. The molecule has 4 heteroatoms. The molecule has 0 heterocycles. The molecular weight excluding hydrogens is 484 g/mol. The first-order valence-corrected chi connectivity index (χ1v) is 15.2. The molecule has 0 aromatic heterocycles. The van der Waals surface area contributed by atoms with Crippen LogP contribution in [0.5, 0.6) is 5.75 Å². The van der Waals surface area contributed by atoms with Gasteiger partial charge in [0.2, 0.25) is 0 Å². The van der Waals surface area contributed by atoms with Crippen LogP contribution in [-0.2, 0) is 5.41 Å². The highest BCUT2D eigenvalue weighted by Crippen LogP contribution is 2.62. The van der Waals surface area contributed by atoms with Gasteiger partial charge in [0.25, 0.3) is 0 Å². The normalized spacial score (nSPS) is 25.3. The molecule has 0 radical (unpaired) electrons. The topological polar surface area (TPSA) is 66.8 Å². The van der Waals surface area contributed by atoms with Crippen LogP contribution in [0, 0.1) is 17.8 Å². The summed E-state index contributed by atoms with van der Waals surface area (Å²) in [5.41, 5.74) is 4.16.